The molecule has 0 aromatic heterocycles. The smallest absolute Gasteiger partial charge is 0.231 e. The Morgan fingerprint density at radius 3 is 1.71 bits per heavy atom. The van der Waals surface area contributed by atoms with Gasteiger partial charge in [-0.1, -0.05) is 30.3 Å². The molecule has 5 heteroatoms. The van der Waals surface area contributed by atoms with Crippen molar-refractivity contribution in [2.45, 2.75) is 6.16 Å². The molecule has 3 fully saturated rings. The average molecular weight is 307 g/mol. The van der Waals surface area contributed by atoms with Crippen molar-refractivity contribution >= 4 is 7.71 Å². The number of hydrogen-bond acceptors (Lipinski definition) is 4. The van der Waals surface area contributed by atoms with Crippen molar-refractivity contribution in [1.29, 1.82) is 0 Å². The van der Waals surface area contributed by atoms with Gasteiger partial charge in [-0.05, 0) is 5.56 Å². The highest BCUT2D eigenvalue weighted by Gasteiger charge is 2.53. The zero-order valence-corrected chi connectivity index (χ0v) is 14.5. The number of likely N-dealkylation sites (N-methyl/N-ethyl adjacent to an activating group) is 3. The molecule has 3 aliphatic heterocycles. The molecule has 0 atom stereocenters. The van der Waals surface area contributed by atoms with Gasteiger partial charge < -0.3 is 0 Å². The summed E-state index contributed by atoms with van der Waals surface area (Å²) in [6, 6.07) is 11.0. The molecule has 0 saturated carbocycles. The molecule has 4 nitrogen and oxygen atoms in total. The van der Waals surface area contributed by atoms with Gasteiger partial charge in [-0.15, -0.1) is 14.0 Å². The molecule has 0 radical (unpaired) electrons. The summed E-state index contributed by atoms with van der Waals surface area (Å²) in [6.45, 7) is 7.18. The maximum atomic E-state index is 2.66. The molecule has 21 heavy (non-hydrogen) atoms. The van der Waals surface area contributed by atoms with Crippen LogP contribution in [-0.4, -0.2) is 79.3 Å². The van der Waals surface area contributed by atoms with Crippen LogP contribution in [-0.2, 0) is 6.16 Å². The minimum Gasteiger partial charge on any atom is -0.299 e. The van der Waals surface area contributed by atoms with Crippen LogP contribution in [0.25, 0.3) is 0 Å². The molecule has 3 aliphatic rings. The maximum Gasteiger partial charge on any atom is 0.231 e. The second-order valence-corrected chi connectivity index (χ2v) is 10.1. The van der Waals surface area contributed by atoms with Gasteiger partial charge >= 0.3 is 0 Å². The number of fused-ring (bicyclic) bond motifs is 6. The van der Waals surface area contributed by atoms with Crippen molar-refractivity contribution < 1.29 is 0 Å². The van der Waals surface area contributed by atoms with Crippen molar-refractivity contribution in [3.8, 4) is 0 Å². The highest BCUT2D eigenvalue weighted by atomic mass is 31.2. The van der Waals surface area contributed by atoms with E-state index in [-0.39, 0.29) is 0 Å². The number of benzene rings is 1. The van der Waals surface area contributed by atoms with Gasteiger partial charge in [-0.2, -0.15) is 0 Å². The van der Waals surface area contributed by atoms with E-state index in [1.165, 1.54) is 44.8 Å². The van der Waals surface area contributed by atoms with Crippen LogP contribution in [0.4, 0.5) is 0 Å². The van der Waals surface area contributed by atoms with Crippen molar-refractivity contribution in [2.75, 3.05) is 60.4 Å². The molecule has 0 unspecified atom stereocenters. The first kappa shape index (κ1) is 15.4. The van der Waals surface area contributed by atoms with Crippen LogP contribution < -0.4 is 0 Å². The minimum absolute atomic E-state index is 1.16. The molecule has 3 heterocycles. The third kappa shape index (κ3) is 2.88. The zero-order chi connectivity index (χ0) is 14.9. The van der Waals surface area contributed by atoms with Crippen LogP contribution in [0, 0.1) is 0 Å². The molecule has 0 aliphatic carbocycles. The summed E-state index contributed by atoms with van der Waals surface area (Å²) in [5.74, 6) is 0. The molecule has 116 valence electrons. The molecular formula is C16H28N4P+. The van der Waals surface area contributed by atoms with Crippen LogP contribution >= 0.6 is 7.71 Å². The van der Waals surface area contributed by atoms with Crippen molar-refractivity contribution in [3.63, 3.8) is 0 Å². The first-order valence-electron chi connectivity index (χ1n) is 7.92. The summed E-state index contributed by atoms with van der Waals surface area (Å²) < 4.78 is 7.97. The Morgan fingerprint density at radius 2 is 1.24 bits per heavy atom. The largest absolute Gasteiger partial charge is 0.299 e. The molecule has 0 amide bonds. The summed E-state index contributed by atoms with van der Waals surface area (Å²) in [5.41, 5.74) is 1.47. The third-order valence-electron chi connectivity index (χ3n) is 5.10. The standard InChI is InChI=1S/C16H28N4P/c1-17-9-12-20-13-10-18(2)21(17,19(3)11-14-20)15-16-7-5-4-6-8-16/h4-8H,9-15H2,1-3H3/q+1. The second-order valence-electron chi connectivity index (χ2n) is 6.32. The van der Waals surface area contributed by atoms with E-state index in [2.05, 4.69) is 70.4 Å². The van der Waals surface area contributed by atoms with Crippen LogP contribution in [0.2, 0.25) is 0 Å². The van der Waals surface area contributed by atoms with E-state index in [1.807, 2.05) is 0 Å². The van der Waals surface area contributed by atoms with E-state index < -0.39 is 7.71 Å². The summed E-state index contributed by atoms with van der Waals surface area (Å²) >= 11 is 0. The number of nitrogens with zero attached hydrogens (tertiary/aromatic N) is 4. The topological polar surface area (TPSA) is 13.0 Å². The minimum atomic E-state index is -1.45. The van der Waals surface area contributed by atoms with E-state index >= 15 is 0 Å². The normalized spacial score (nSPS) is 32.6. The molecular weight excluding hydrogens is 279 g/mol. The predicted molar refractivity (Wildman–Crippen MR) is 91.4 cm³/mol. The monoisotopic (exact) mass is 307 g/mol. The highest BCUT2D eigenvalue weighted by Crippen LogP contribution is 2.68. The van der Waals surface area contributed by atoms with E-state index in [4.69, 9.17) is 0 Å². The van der Waals surface area contributed by atoms with Gasteiger partial charge in [-0.3, -0.25) is 4.90 Å². The Morgan fingerprint density at radius 1 is 0.762 bits per heavy atom. The van der Waals surface area contributed by atoms with Gasteiger partial charge in [0.1, 0.15) is 6.16 Å². The zero-order valence-electron chi connectivity index (χ0n) is 13.6. The Labute approximate surface area is 129 Å². The first-order valence-corrected chi connectivity index (χ1v) is 9.75. The first-order chi connectivity index (χ1) is 10.1. The molecule has 1 aromatic carbocycles. The van der Waals surface area contributed by atoms with Crippen LogP contribution in [0.5, 0.6) is 0 Å². The lowest BCUT2D eigenvalue weighted by atomic mass is 10.2. The fraction of sp³-hybridized carbons (Fsp3) is 0.625. The van der Waals surface area contributed by atoms with Crippen LogP contribution in [0.3, 0.4) is 0 Å². The van der Waals surface area contributed by atoms with Crippen LogP contribution in [0.1, 0.15) is 5.56 Å². The fourth-order valence-corrected chi connectivity index (χ4v) is 7.86. The summed E-state index contributed by atoms with van der Waals surface area (Å²) in [5, 5.41) is 0. The summed E-state index contributed by atoms with van der Waals surface area (Å²) in [6.07, 6.45) is 1.16. The lowest BCUT2D eigenvalue weighted by Crippen LogP contribution is -2.54. The predicted octanol–water partition coefficient (Wildman–Crippen LogP) is 2.07. The summed E-state index contributed by atoms with van der Waals surface area (Å²) in [4.78, 5) is 2.61. The third-order valence-corrected chi connectivity index (χ3v) is 9.77. The van der Waals surface area contributed by atoms with E-state index in [0.717, 1.165) is 6.16 Å². The van der Waals surface area contributed by atoms with Gasteiger partial charge in [0.05, 0.1) is 0 Å². The fourth-order valence-electron chi connectivity index (χ4n) is 3.65. The molecule has 1 aromatic rings. The van der Waals surface area contributed by atoms with Gasteiger partial charge in [0.25, 0.3) is 0 Å². The lowest BCUT2D eigenvalue weighted by molar-refractivity contribution is 0.181. The molecule has 0 spiro atoms. The maximum absolute atomic E-state index is 2.66. The Bertz CT molecular complexity index is 431. The van der Waals surface area contributed by atoms with E-state index in [1.54, 1.807) is 0 Å². The SMILES string of the molecule is CN1CCN2CCN(C)[P+]1(Cc1ccccc1)N(C)CC2. The van der Waals surface area contributed by atoms with E-state index in [9.17, 15) is 0 Å². The Balaban J connectivity index is 1.97. The van der Waals surface area contributed by atoms with Crippen molar-refractivity contribution in [2.24, 2.45) is 0 Å². The van der Waals surface area contributed by atoms with Crippen LogP contribution in [0.15, 0.2) is 30.3 Å². The Kier molecular flexibility index (Phi) is 4.63. The average Bonchev–Trinajstić information content (AvgIpc) is 2.49. The van der Waals surface area contributed by atoms with Gasteiger partial charge in [0.2, 0.25) is 7.71 Å². The Hall–Kier alpha value is -0.510. The van der Waals surface area contributed by atoms with Gasteiger partial charge in [0.15, 0.2) is 0 Å². The number of hydrogen-bond donors (Lipinski definition) is 0. The molecule has 4 rings (SSSR count). The highest BCUT2D eigenvalue weighted by molar-refractivity contribution is 7.68. The van der Waals surface area contributed by atoms with Gasteiger partial charge in [0, 0.05) is 60.4 Å². The molecule has 2 bridgehead atoms. The van der Waals surface area contributed by atoms with E-state index in [0.29, 0.717) is 0 Å². The molecule has 0 N–H and O–H groups in total. The quantitative estimate of drug-likeness (QED) is 0.776. The van der Waals surface area contributed by atoms with Crippen molar-refractivity contribution in [1.82, 2.24) is 18.9 Å². The molecule has 3 saturated heterocycles. The number of rotatable bonds is 2. The van der Waals surface area contributed by atoms with Crippen molar-refractivity contribution in [3.05, 3.63) is 35.9 Å². The van der Waals surface area contributed by atoms with Gasteiger partial charge in [-0.25, -0.2) is 0 Å². The second kappa shape index (κ2) is 6.31. The summed E-state index contributed by atoms with van der Waals surface area (Å²) in [7, 11) is 5.55. The lowest BCUT2D eigenvalue weighted by Gasteiger charge is -2.49.